The number of urea groups is 1. The zero-order valence-corrected chi connectivity index (χ0v) is 15.0. The standard InChI is InChI=1S/C19H33N3O2/c23-18(21-13-4-1-5-14-21)11-6-12-20-19(24)22-15-7-9-16-8-2-3-10-17(16)22/h16-17H,1-15H2,(H,20,24). The minimum Gasteiger partial charge on any atom is -0.343 e. The average Bonchev–Trinajstić information content (AvgIpc) is 2.65. The zero-order valence-electron chi connectivity index (χ0n) is 15.0. The molecule has 0 aromatic carbocycles. The lowest BCUT2D eigenvalue weighted by atomic mass is 9.78. The van der Waals surface area contributed by atoms with Crippen molar-refractivity contribution in [2.24, 2.45) is 5.92 Å². The van der Waals surface area contributed by atoms with Crippen LogP contribution in [-0.4, -0.2) is 54.0 Å². The van der Waals surface area contributed by atoms with Gasteiger partial charge in [0.05, 0.1) is 0 Å². The molecule has 136 valence electrons. The van der Waals surface area contributed by atoms with Crippen LogP contribution in [0.3, 0.4) is 0 Å². The lowest BCUT2D eigenvalue weighted by Gasteiger charge is -2.44. The van der Waals surface area contributed by atoms with Gasteiger partial charge in [0.2, 0.25) is 5.91 Å². The highest BCUT2D eigenvalue weighted by Crippen LogP contribution is 2.35. The molecule has 0 spiro atoms. The van der Waals surface area contributed by atoms with E-state index in [2.05, 4.69) is 10.2 Å². The van der Waals surface area contributed by atoms with Gasteiger partial charge in [-0.15, -0.1) is 0 Å². The molecule has 0 aromatic rings. The second kappa shape index (κ2) is 8.72. The first-order valence-electron chi connectivity index (χ1n) is 10.1. The molecule has 3 amide bonds. The molecule has 1 saturated carbocycles. The highest BCUT2D eigenvalue weighted by atomic mass is 16.2. The summed E-state index contributed by atoms with van der Waals surface area (Å²) in [6.45, 7) is 3.36. The van der Waals surface area contributed by atoms with Crippen molar-refractivity contribution in [1.29, 1.82) is 0 Å². The Morgan fingerprint density at radius 2 is 1.62 bits per heavy atom. The lowest BCUT2D eigenvalue weighted by Crippen LogP contribution is -2.53. The fraction of sp³-hybridized carbons (Fsp3) is 0.895. The van der Waals surface area contributed by atoms with E-state index in [1.807, 2.05) is 4.90 Å². The second-order valence-corrected chi connectivity index (χ2v) is 7.72. The molecule has 2 atom stereocenters. The molecule has 24 heavy (non-hydrogen) atoms. The Morgan fingerprint density at radius 3 is 2.46 bits per heavy atom. The first-order valence-corrected chi connectivity index (χ1v) is 10.1. The van der Waals surface area contributed by atoms with E-state index in [1.54, 1.807) is 0 Å². The van der Waals surface area contributed by atoms with Gasteiger partial charge >= 0.3 is 6.03 Å². The van der Waals surface area contributed by atoms with Crippen LogP contribution in [-0.2, 0) is 4.79 Å². The summed E-state index contributed by atoms with van der Waals surface area (Å²) in [6, 6.07) is 0.555. The number of hydrogen-bond acceptors (Lipinski definition) is 2. The summed E-state index contributed by atoms with van der Waals surface area (Å²) in [6.07, 6.45) is 12.3. The summed E-state index contributed by atoms with van der Waals surface area (Å²) in [5.74, 6) is 0.980. The molecule has 0 aromatic heterocycles. The summed E-state index contributed by atoms with van der Waals surface area (Å²) in [4.78, 5) is 28.7. The van der Waals surface area contributed by atoms with E-state index in [9.17, 15) is 9.59 Å². The minimum absolute atomic E-state index is 0.0945. The van der Waals surface area contributed by atoms with Gasteiger partial charge in [0, 0.05) is 38.6 Å². The lowest BCUT2D eigenvalue weighted by molar-refractivity contribution is -0.132. The minimum atomic E-state index is 0.0945. The van der Waals surface area contributed by atoms with Crippen LogP contribution in [0.25, 0.3) is 0 Å². The summed E-state index contributed by atoms with van der Waals surface area (Å²) in [5.41, 5.74) is 0. The molecule has 3 rings (SSSR count). The molecule has 5 heteroatoms. The number of piperidine rings is 2. The molecule has 3 fully saturated rings. The quantitative estimate of drug-likeness (QED) is 0.803. The second-order valence-electron chi connectivity index (χ2n) is 7.72. The van der Waals surface area contributed by atoms with Gasteiger partial charge in [0.25, 0.3) is 0 Å². The SMILES string of the molecule is O=C(CCCNC(=O)N1CCCC2CCCCC21)N1CCCCC1. The van der Waals surface area contributed by atoms with Crippen LogP contribution in [0.2, 0.25) is 0 Å². The van der Waals surface area contributed by atoms with Gasteiger partial charge in [0.1, 0.15) is 0 Å². The number of nitrogens with one attached hydrogen (secondary N) is 1. The number of hydrogen-bond donors (Lipinski definition) is 1. The van der Waals surface area contributed by atoms with Crippen LogP contribution in [0.1, 0.15) is 70.6 Å². The van der Waals surface area contributed by atoms with Crippen molar-refractivity contribution in [2.75, 3.05) is 26.2 Å². The average molecular weight is 335 g/mol. The van der Waals surface area contributed by atoms with E-state index in [1.165, 1.54) is 38.5 Å². The third-order valence-corrected chi connectivity index (χ3v) is 6.06. The van der Waals surface area contributed by atoms with Crippen molar-refractivity contribution >= 4 is 11.9 Å². The first-order chi connectivity index (χ1) is 11.8. The van der Waals surface area contributed by atoms with Gasteiger partial charge in [-0.25, -0.2) is 4.79 Å². The normalized spacial score (nSPS) is 27.5. The Kier molecular flexibility index (Phi) is 6.38. The highest BCUT2D eigenvalue weighted by Gasteiger charge is 2.35. The highest BCUT2D eigenvalue weighted by molar-refractivity contribution is 5.77. The Labute approximate surface area is 146 Å². The molecule has 0 bridgehead atoms. The van der Waals surface area contributed by atoms with E-state index in [0.29, 0.717) is 19.0 Å². The Balaban J connectivity index is 1.36. The summed E-state index contributed by atoms with van der Waals surface area (Å²) in [7, 11) is 0. The van der Waals surface area contributed by atoms with Crippen LogP contribution in [0.5, 0.6) is 0 Å². The monoisotopic (exact) mass is 335 g/mol. The fourth-order valence-electron chi connectivity index (χ4n) is 4.71. The van der Waals surface area contributed by atoms with Gasteiger partial charge in [-0.1, -0.05) is 12.8 Å². The number of fused-ring (bicyclic) bond motifs is 1. The number of carbonyl (C=O) groups is 2. The van der Waals surface area contributed by atoms with Crippen molar-refractivity contribution in [3.63, 3.8) is 0 Å². The number of rotatable bonds is 4. The van der Waals surface area contributed by atoms with Crippen molar-refractivity contribution in [1.82, 2.24) is 15.1 Å². The van der Waals surface area contributed by atoms with E-state index < -0.39 is 0 Å². The molecular weight excluding hydrogens is 302 g/mol. The van der Waals surface area contributed by atoms with Crippen molar-refractivity contribution < 1.29 is 9.59 Å². The topological polar surface area (TPSA) is 52.7 Å². The summed E-state index contributed by atoms with van der Waals surface area (Å²) in [5, 5.41) is 3.06. The Hall–Kier alpha value is -1.26. The maximum Gasteiger partial charge on any atom is 0.317 e. The maximum absolute atomic E-state index is 12.5. The molecule has 1 N–H and O–H groups in total. The van der Waals surface area contributed by atoms with Gasteiger partial charge in [-0.3, -0.25) is 4.79 Å². The third kappa shape index (κ3) is 4.42. The maximum atomic E-state index is 12.5. The summed E-state index contributed by atoms with van der Waals surface area (Å²) < 4.78 is 0. The zero-order chi connectivity index (χ0) is 16.8. The number of nitrogens with zero attached hydrogens (tertiary/aromatic N) is 2. The van der Waals surface area contributed by atoms with Crippen molar-refractivity contribution in [3.05, 3.63) is 0 Å². The van der Waals surface area contributed by atoms with E-state index in [4.69, 9.17) is 0 Å². The summed E-state index contributed by atoms with van der Waals surface area (Å²) >= 11 is 0. The van der Waals surface area contributed by atoms with Gasteiger partial charge < -0.3 is 15.1 Å². The van der Waals surface area contributed by atoms with E-state index in [-0.39, 0.29) is 11.9 Å². The smallest absolute Gasteiger partial charge is 0.317 e. The van der Waals surface area contributed by atoms with Gasteiger partial charge in [-0.2, -0.15) is 0 Å². The first kappa shape index (κ1) is 17.6. The number of carbonyl (C=O) groups excluding carboxylic acids is 2. The largest absolute Gasteiger partial charge is 0.343 e. The Morgan fingerprint density at radius 1 is 0.875 bits per heavy atom. The molecule has 3 aliphatic rings. The molecule has 5 nitrogen and oxygen atoms in total. The van der Waals surface area contributed by atoms with Crippen LogP contribution in [0, 0.1) is 5.92 Å². The molecule has 2 heterocycles. The molecule has 1 aliphatic carbocycles. The molecule has 2 aliphatic heterocycles. The van der Waals surface area contributed by atoms with Gasteiger partial charge in [-0.05, 0) is 57.3 Å². The van der Waals surface area contributed by atoms with Gasteiger partial charge in [0.15, 0.2) is 0 Å². The number of amides is 3. The van der Waals surface area contributed by atoms with E-state index >= 15 is 0 Å². The Bertz CT molecular complexity index is 432. The van der Waals surface area contributed by atoms with Crippen molar-refractivity contribution in [3.8, 4) is 0 Å². The number of likely N-dealkylation sites (tertiary alicyclic amines) is 2. The predicted octanol–water partition coefficient (Wildman–Crippen LogP) is 3.14. The van der Waals surface area contributed by atoms with Crippen LogP contribution < -0.4 is 5.32 Å². The van der Waals surface area contributed by atoms with Crippen LogP contribution in [0.4, 0.5) is 4.79 Å². The molecule has 2 unspecified atom stereocenters. The molecular formula is C19H33N3O2. The molecule has 0 radical (unpaired) electrons. The predicted molar refractivity (Wildman–Crippen MR) is 94.7 cm³/mol. The van der Waals surface area contributed by atoms with Crippen molar-refractivity contribution in [2.45, 2.75) is 76.7 Å². The fourth-order valence-corrected chi connectivity index (χ4v) is 4.71. The van der Waals surface area contributed by atoms with Crippen LogP contribution in [0.15, 0.2) is 0 Å². The third-order valence-electron chi connectivity index (χ3n) is 6.06. The van der Waals surface area contributed by atoms with E-state index in [0.717, 1.165) is 51.2 Å². The molecule has 2 saturated heterocycles. The van der Waals surface area contributed by atoms with Crippen LogP contribution >= 0.6 is 0 Å².